The van der Waals surface area contributed by atoms with Crippen LogP contribution in [0, 0.1) is 5.41 Å². The normalized spacial score (nSPS) is 22.6. The van der Waals surface area contributed by atoms with Crippen LogP contribution in [-0.2, 0) is 14.8 Å². The van der Waals surface area contributed by atoms with Crippen molar-refractivity contribution in [2.45, 2.75) is 20.3 Å². The van der Waals surface area contributed by atoms with Crippen molar-refractivity contribution in [2.75, 3.05) is 39.0 Å². The molecule has 106 valence electrons. The SMILES string of the molecule is CCC(C)(CN1CCN(S(C)(=O)=O)CC1)C(=O)O. The molecule has 18 heavy (non-hydrogen) atoms. The molecule has 1 rings (SSSR count). The van der Waals surface area contributed by atoms with Gasteiger partial charge in [-0.15, -0.1) is 0 Å². The number of hydrogen-bond acceptors (Lipinski definition) is 4. The summed E-state index contributed by atoms with van der Waals surface area (Å²) >= 11 is 0. The number of rotatable bonds is 5. The average Bonchev–Trinajstić information content (AvgIpc) is 2.28. The van der Waals surface area contributed by atoms with E-state index in [1.165, 1.54) is 10.6 Å². The van der Waals surface area contributed by atoms with Crippen LogP contribution in [0.15, 0.2) is 0 Å². The highest BCUT2D eigenvalue weighted by molar-refractivity contribution is 7.88. The maximum Gasteiger partial charge on any atom is 0.310 e. The molecular weight excluding hydrogens is 256 g/mol. The van der Waals surface area contributed by atoms with Gasteiger partial charge in [-0.05, 0) is 13.3 Å². The van der Waals surface area contributed by atoms with Gasteiger partial charge in [-0.2, -0.15) is 4.31 Å². The smallest absolute Gasteiger partial charge is 0.310 e. The Balaban J connectivity index is 2.57. The minimum atomic E-state index is -3.12. The third-order valence-corrected chi connectivity index (χ3v) is 4.97. The molecule has 1 atom stereocenters. The van der Waals surface area contributed by atoms with Crippen molar-refractivity contribution in [2.24, 2.45) is 5.41 Å². The third-order valence-electron chi connectivity index (χ3n) is 3.67. The van der Waals surface area contributed by atoms with E-state index in [1.54, 1.807) is 6.92 Å². The highest BCUT2D eigenvalue weighted by Crippen LogP contribution is 2.23. The van der Waals surface area contributed by atoms with Gasteiger partial charge in [-0.3, -0.25) is 9.69 Å². The fourth-order valence-corrected chi connectivity index (χ4v) is 2.87. The first-order valence-electron chi connectivity index (χ1n) is 6.10. The zero-order valence-electron chi connectivity index (χ0n) is 11.2. The van der Waals surface area contributed by atoms with Gasteiger partial charge in [0, 0.05) is 32.7 Å². The second-order valence-corrected chi connectivity index (χ2v) is 7.14. The number of carboxylic acids is 1. The van der Waals surface area contributed by atoms with Crippen LogP contribution >= 0.6 is 0 Å². The predicted octanol–water partition coefficient (Wildman–Crippen LogP) is 0.0645. The molecule has 1 heterocycles. The van der Waals surface area contributed by atoms with Crippen LogP contribution in [-0.4, -0.2) is 67.7 Å². The second kappa shape index (κ2) is 5.54. The van der Waals surface area contributed by atoms with Crippen LogP contribution in [0.4, 0.5) is 0 Å². The summed E-state index contributed by atoms with van der Waals surface area (Å²) < 4.78 is 24.1. The van der Waals surface area contributed by atoms with Gasteiger partial charge in [0.05, 0.1) is 11.7 Å². The summed E-state index contributed by atoms with van der Waals surface area (Å²) in [6.07, 6.45) is 1.77. The standard InChI is InChI=1S/C11H22N2O4S/c1-4-11(2,10(14)15)9-12-5-7-13(8-6-12)18(3,16)17/h4-9H2,1-3H3,(H,14,15). The Morgan fingerprint density at radius 1 is 1.28 bits per heavy atom. The molecule has 0 bridgehead atoms. The summed E-state index contributed by atoms with van der Waals surface area (Å²) in [6.45, 7) is 6.14. The van der Waals surface area contributed by atoms with Gasteiger partial charge >= 0.3 is 5.97 Å². The molecule has 0 radical (unpaired) electrons. The first-order valence-corrected chi connectivity index (χ1v) is 7.95. The van der Waals surface area contributed by atoms with Crippen LogP contribution in [0.25, 0.3) is 0 Å². The largest absolute Gasteiger partial charge is 0.481 e. The molecular formula is C11H22N2O4S. The molecule has 0 aromatic rings. The molecule has 0 aromatic carbocycles. The maximum absolute atomic E-state index is 11.4. The van der Waals surface area contributed by atoms with Gasteiger partial charge in [-0.25, -0.2) is 8.42 Å². The molecule has 0 aliphatic carbocycles. The van der Waals surface area contributed by atoms with E-state index in [0.717, 1.165) is 0 Å². The first kappa shape index (κ1) is 15.4. The predicted molar refractivity (Wildman–Crippen MR) is 68.9 cm³/mol. The van der Waals surface area contributed by atoms with E-state index in [0.29, 0.717) is 39.1 Å². The van der Waals surface area contributed by atoms with Crippen molar-refractivity contribution < 1.29 is 18.3 Å². The van der Waals surface area contributed by atoms with Crippen molar-refractivity contribution in [3.05, 3.63) is 0 Å². The number of nitrogens with zero attached hydrogens (tertiary/aromatic N) is 2. The summed E-state index contributed by atoms with van der Waals surface area (Å²) in [6, 6.07) is 0. The van der Waals surface area contributed by atoms with Crippen LogP contribution in [0.5, 0.6) is 0 Å². The molecule has 1 saturated heterocycles. The first-order chi connectivity index (χ1) is 8.19. The summed E-state index contributed by atoms with van der Waals surface area (Å²) in [7, 11) is -3.12. The van der Waals surface area contributed by atoms with Crippen LogP contribution < -0.4 is 0 Å². The lowest BCUT2D eigenvalue weighted by molar-refractivity contribution is -0.149. The number of piperazine rings is 1. The Bertz CT molecular complexity index is 401. The van der Waals surface area contributed by atoms with Crippen molar-refractivity contribution in [3.63, 3.8) is 0 Å². The summed E-state index contributed by atoms with van der Waals surface area (Å²) in [5.41, 5.74) is -0.757. The monoisotopic (exact) mass is 278 g/mol. The number of sulfonamides is 1. The van der Waals surface area contributed by atoms with Crippen molar-refractivity contribution in [1.82, 2.24) is 9.21 Å². The second-order valence-electron chi connectivity index (χ2n) is 5.16. The van der Waals surface area contributed by atoms with Crippen LogP contribution in [0.2, 0.25) is 0 Å². The highest BCUT2D eigenvalue weighted by Gasteiger charge is 2.35. The van der Waals surface area contributed by atoms with Gasteiger partial charge in [0.25, 0.3) is 0 Å². The molecule has 1 unspecified atom stereocenters. The Morgan fingerprint density at radius 2 is 1.78 bits per heavy atom. The minimum Gasteiger partial charge on any atom is -0.481 e. The van der Waals surface area contributed by atoms with Gasteiger partial charge in [0.15, 0.2) is 0 Å². The van der Waals surface area contributed by atoms with E-state index in [9.17, 15) is 18.3 Å². The molecule has 1 aliphatic rings. The van der Waals surface area contributed by atoms with Crippen LogP contribution in [0.3, 0.4) is 0 Å². The van der Waals surface area contributed by atoms with Crippen molar-refractivity contribution in [3.8, 4) is 0 Å². The lowest BCUT2D eigenvalue weighted by Crippen LogP contribution is -2.51. The van der Waals surface area contributed by atoms with E-state index in [2.05, 4.69) is 0 Å². The van der Waals surface area contributed by atoms with Crippen molar-refractivity contribution in [1.29, 1.82) is 0 Å². The van der Waals surface area contributed by atoms with E-state index >= 15 is 0 Å². The Morgan fingerprint density at radius 3 is 2.11 bits per heavy atom. The lowest BCUT2D eigenvalue weighted by Gasteiger charge is -2.37. The number of carbonyl (C=O) groups is 1. The molecule has 1 aliphatic heterocycles. The lowest BCUT2D eigenvalue weighted by atomic mass is 9.87. The number of hydrogen-bond donors (Lipinski definition) is 1. The van der Waals surface area contributed by atoms with E-state index in [1.807, 2.05) is 11.8 Å². The fraction of sp³-hybridized carbons (Fsp3) is 0.909. The minimum absolute atomic E-state index is 0.443. The van der Waals surface area contributed by atoms with Gasteiger partial charge < -0.3 is 5.11 Å². The van der Waals surface area contributed by atoms with Gasteiger partial charge in [0.1, 0.15) is 0 Å². The molecule has 6 nitrogen and oxygen atoms in total. The Kier molecular flexibility index (Phi) is 4.74. The topological polar surface area (TPSA) is 77.9 Å². The summed E-state index contributed by atoms with van der Waals surface area (Å²) in [5.74, 6) is -0.796. The molecule has 7 heteroatoms. The van der Waals surface area contributed by atoms with Crippen LogP contribution in [0.1, 0.15) is 20.3 Å². The van der Waals surface area contributed by atoms with Gasteiger partial charge in [0.2, 0.25) is 10.0 Å². The van der Waals surface area contributed by atoms with E-state index in [4.69, 9.17) is 0 Å². The van der Waals surface area contributed by atoms with Gasteiger partial charge in [-0.1, -0.05) is 6.92 Å². The molecule has 0 amide bonds. The quantitative estimate of drug-likeness (QED) is 0.769. The van der Waals surface area contributed by atoms with Crippen molar-refractivity contribution >= 4 is 16.0 Å². The summed E-state index contributed by atoms with van der Waals surface area (Å²) in [4.78, 5) is 13.2. The zero-order valence-corrected chi connectivity index (χ0v) is 12.0. The molecule has 0 saturated carbocycles. The van der Waals surface area contributed by atoms with E-state index < -0.39 is 21.4 Å². The molecule has 1 fully saturated rings. The van der Waals surface area contributed by atoms with E-state index in [-0.39, 0.29) is 0 Å². The summed E-state index contributed by atoms with van der Waals surface area (Å²) in [5, 5.41) is 9.21. The highest BCUT2D eigenvalue weighted by atomic mass is 32.2. The average molecular weight is 278 g/mol. The Labute approximate surface area is 109 Å². The number of aliphatic carboxylic acids is 1. The fourth-order valence-electron chi connectivity index (χ4n) is 2.04. The zero-order chi connectivity index (χ0) is 14.0. The Hall–Kier alpha value is -0.660. The molecule has 0 aromatic heterocycles. The molecule has 1 N–H and O–H groups in total. The maximum atomic E-state index is 11.4. The third kappa shape index (κ3) is 3.66. The molecule has 0 spiro atoms. The number of carboxylic acid groups (broad SMARTS) is 1.